The monoisotopic (exact) mass is 330 g/mol. The van der Waals surface area contributed by atoms with Crippen molar-refractivity contribution in [3.8, 4) is 0 Å². The maximum absolute atomic E-state index is 5.53. The molecule has 0 aliphatic heterocycles. The first-order valence-electron chi connectivity index (χ1n) is 9.12. The Morgan fingerprint density at radius 1 is 1.21 bits per heavy atom. The van der Waals surface area contributed by atoms with E-state index in [1.165, 1.54) is 18.4 Å². The van der Waals surface area contributed by atoms with Crippen molar-refractivity contribution >= 4 is 5.69 Å². The van der Waals surface area contributed by atoms with Crippen molar-refractivity contribution in [1.82, 2.24) is 10.9 Å². The van der Waals surface area contributed by atoms with E-state index in [4.69, 9.17) is 5.73 Å². The lowest BCUT2D eigenvalue weighted by molar-refractivity contribution is 0.604. The molecule has 0 aromatic heterocycles. The minimum Gasteiger partial charge on any atom is -0.388 e. The number of unbranched alkanes of at least 4 members (excludes halogenated alkanes) is 3. The second-order valence-corrected chi connectivity index (χ2v) is 5.86. The highest BCUT2D eigenvalue weighted by atomic mass is 15.4. The third-order valence-corrected chi connectivity index (χ3v) is 3.79. The molecule has 0 fully saturated rings. The highest BCUT2D eigenvalue weighted by molar-refractivity contribution is 5.45. The van der Waals surface area contributed by atoms with E-state index in [1.54, 1.807) is 0 Å². The maximum Gasteiger partial charge on any atom is 0.0444 e. The van der Waals surface area contributed by atoms with Gasteiger partial charge in [0.05, 0.1) is 0 Å². The number of hydrazine groups is 1. The standard InChI is InChI=1S/C20H34N4/c1-3-4-11-19(12-7-5-6-8-15-21)24-23-16-14-18-10-9-13-20(17-18)22-2/h4,9-13,17,22-24H,3,5-8,14-16,21H2,1-2H3/b11-4-,19-12+. The molecule has 5 N–H and O–H groups in total. The number of nitrogens with two attached hydrogens (primary N) is 1. The largest absolute Gasteiger partial charge is 0.388 e. The molecule has 0 saturated heterocycles. The Kier molecular flexibility index (Phi) is 11.5. The maximum atomic E-state index is 5.53. The Labute approximate surface area is 147 Å². The van der Waals surface area contributed by atoms with Gasteiger partial charge in [0.2, 0.25) is 0 Å². The fourth-order valence-electron chi connectivity index (χ4n) is 2.38. The Bertz CT molecular complexity index is 494. The molecule has 0 radical (unpaired) electrons. The minimum atomic E-state index is 0.793. The van der Waals surface area contributed by atoms with E-state index in [2.05, 4.69) is 65.6 Å². The van der Waals surface area contributed by atoms with Crippen LogP contribution in [0.5, 0.6) is 0 Å². The highest BCUT2D eigenvalue weighted by Crippen LogP contribution is 2.09. The first-order chi connectivity index (χ1) is 11.8. The van der Waals surface area contributed by atoms with Gasteiger partial charge in [0.25, 0.3) is 0 Å². The van der Waals surface area contributed by atoms with Crippen molar-refractivity contribution in [2.75, 3.05) is 25.5 Å². The number of hydrogen-bond acceptors (Lipinski definition) is 4. The van der Waals surface area contributed by atoms with Crippen LogP contribution in [-0.2, 0) is 6.42 Å². The number of allylic oxidation sites excluding steroid dienone is 3. The molecular formula is C20H34N4. The fraction of sp³-hybridized carbons (Fsp3) is 0.500. The van der Waals surface area contributed by atoms with Crippen molar-refractivity contribution in [2.45, 2.75) is 45.4 Å². The predicted molar refractivity (Wildman–Crippen MR) is 106 cm³/mol. The van der Waals surface area contributed by atoms with E-state index in [-0.39, 0.29) is 0 Å². The summed E-state index contributed by atoms with van der Waals surface area (Å²) in [5, 5.41) is 3.17. The number of nitrogens with one attached hydrogen (secondary N) is 3. The molecule has 0 amide bonds. The summed E-state index contributed by atoms with van der Waals surface area (Å²) in [6.45, 7) is 3.83. The molecule has 1 rings (SSSR count). The quantitative estimate of drug-likeness (QED) is 0.253. The highest BCUT2D eigenvalue weighted by Gasteiger charge is 1.96. The number of hydrogen-bond donors (Lipinski definition) is 4. The molecule has 24 heavy (non-hydrogen) atoms. The van der Waals surface area contributed by atoms with Gasteiger partial charge in [-0.3, -0.25) is 0 Å². The zero-order valence-corrected chi connectivity index (χ0v) is 15.3. The van der Waals surface area contributed by atoms with E-state index in [0.29, 0.717) is 0 Å². The summed E-state index contributed by atoms with van der Waals surface area (Å²) >= 11 is 0. The zero-order valence-electron chi connectivity index (χ0n) is 15.3. The van der Waals surface area contributed by atoms with Crippen molar-refractivity contribution in [3.63, 3.8) is 0 Å². The molecule has 1 aromatic rings. The lowest BCUT2D eigenvalue weighted by atomic mass is 10.1. The lowest BCUT2D eigenvalue weighted by Crippen LogP contribution is -2.32. The molecule has 0 unspecified atom stereocenters. The summed E-state index contributed by atoms with van der Waals surface area (Å²) in [5.74, 6) is 0. The average Bonchev–Trinajstić information content (AvgIpc) is 2.62. The Morgan fingerprint density at radius 3 is 2.83 bits per heavy atom. The molecular weight excluding hydrogens is 296 g/mol. The van der Waals surface area contributed by atoms with E-state index in [1.807, 2.05) is 7.05 Å². The predicted octanol–water partition coefficient (Wildman–Crippen LogP) is 3.73. The lowest BCUT2D eigenvalue weighted by Gasteiger charge is -2.10. The van der Waals surface area contributed by atoms with Crippen LogP contribution in [0.1, 0.15) is 44.6 Å². The molecule has 4 heteroatoms. The van der Waals surface area contributed by atoms with E-state index < -0.39 is 0 Å². The average molecular weight is 331 g/mol. The normalized spacial score (nSPS) is 11.9. The molecule has 0 heterocycles. The van der Waals surface area contributed by atoms with Crippen molar-refractivity contribution in [3.05, 3.63) is 53.8 Å². The molecule has 1 aromatic carbocycles. The van der Waals surface area contributed by atoms with Gasteiger partial charge < -0.3 is 16.5 Å². The van der Waals surface area contributed by atoms with Crippen LogP contribution >= 0.6 is 0 Å². The van der Waals surface area contributed by atoms with Gasteiger partial charge in [-0.2, -0.15) is 0 Å². The smallest absolute Gasteiger partial charge is 0.0444 e. The molecule has 0 saturated carbocycles. The number of anilines is 1. The van der Waals surface area contributed by atoms with E-state index in [0.717, 1.165) is 50.2 Å². The summed E-state index contributed by atoms with van der Waals surface area (Å²) < 4.78 is 0. The van der Waals surface area contributed by atoms with Crippen LogP contribution in [0.25, 0.3) is 0 Å². The van der Waals surface area contributed by atoms with Crippen LogP contribution in [0.2, 0.25) is 0 Å². The minimum absolute atomic E-state index is 0.793. The summed E-state index contributed by atoms with van der Waals surface area (Å²) in [6, 6.07) is 8.52. The summed E-state index contributed by atoms with van der Waals surface area (Å²) in [5.41, 5.74) is 15.8. The number of benzene rings is 1. The second-order valence-electron chi connectivity index (χ2n) is 5.86. The van der Waals surface area contributed by atoms with Gasteiger partial charge in [-0.1, -0.05) is 37.6 Å². The molecule has 0 bridgehead atoms. The van der Waals surface area contributed by atoms with Gasteiger partial charge in [0, 0.05) is 25.0 Å². The van der Waals surface area contributed by atoms with Gasteiger partial charge in [-0.25, -0.2) is 5.43 Å². The number of rotatable bonds is 13. The van der Waals surface area contributed by atoms with Gasteiger partial charge >= 0.3 is 0 Å². The molecule has 0 aliphatic rings. The van der Waals surface area contributed by atoms with E-state index >= 15 is 0 Å². The van der Waals surface area contributed by atoms with Gasteiger partial charge in [-0.15, -0.1) is 0 Å². The first-order valence-corrected chi connectivity index (χ1v) is 9.12. The fourth-order valence-corrected chi connectivity index (χ4v) is 2.38. The summed E-state index contributed by atoms with van der Waals surface area (Å²) in [6.07, 6.45) is 13.2. The zero-order chi connectivity index (χ0) is 17.5. The molecule has 0 spiro atoms. The van der Waals surface area contributed by atoms with Gasteiger partial charge in [-0.05, 0) is 62.4 Å². The van der Waals surface area contributed by atoms with Crippen molar-refractivity contribution < 1.29 is 0 Å². The summed E-state index contributed by atoms with van der Waals surface area (Å²) in [7, 11) is 1.95. The Balaban J connectivity index is 2.35. The third-order valence-electron chi connectivity index (χ3n) is 3.79. The molecule has 0 aliphatic carbocycles. The third kappa shape index (κ3) is 9.38. The van der Waals surface area contributed by atoms with Gasteiger partial charge in [0.15, 0.2) is 0 Å². The molecule has 134 valence electrons. The van der Waals surface area contributed by atoms with Crippen LogP contribution < -0.4 is 21.9 Å². The topological polar surface area (TPSA) is 62.1 Å². The Morgan fingerprint density at radius 2 is 2.08 bits per heavy atom. The van der Waals surface area contributed by atoms with E-state index in [9.17, 15) is 0 Å². The first kappa shape index (κ1) is 20.3. The van der Waals surface area contributed by atoms with Crippen LogP contribution in [0.15, 0.2) is 48.2 Å². The van der Waals surface area contributed by atoms with Crippen LogP contribution in [0.3, 0.4) is 0 Å². The van der Waals surface area contributed by atoms with Crippen molar-refractivity contribution in [2.24, 2.45) is 5.73 Å². The van der Waals surface area contributed by atoms with Crippen LogP contribution in [-0.4, -0.2) is 20.1 Å². The van der Waals surface area contributed by atoms with Gasteiger partial charge in [0.1, 0.15) is 0 Å². The second kappa shape index (κ2) is 13.6. The van der Waals surface area contributed by atoms with Crippen LogP contribution in [0, 0.1) is 0 Å². The van der Waals surface area contributed by atoms with Crippen LogP contribution in [0.4, 0.5) is 5.69 Å². The Hall–Kier alpha value is -1.78. The SMILES string of the molecule is CC/C=C\C(=C/CCCCCN)NNCCc1cccc(NC)c1. The molecule has 0 atom stereocenters. The molecule has 4 nitrogen and oxygen atoms in total. The summed E-state index contributed by atoms with van der Waals surface area (Å²) in [4.78, 5) is 0. The van der Waals surface area contributed by atoms with Crippen molar-refractivity contribution in [1.29, 1.82) is 0 Å².